The average molecular weight is 346 g/mol. The summed E-state index contributed by atoms with van der Waals surface area (Å²) in [5, 5.41) is 0. The minimum absolute atomic E-state index is 0. The van der Waals surface area contributed by atoms with E-state index in [4.69, 9.17) is 0 Å². The van der Waals surface area contributed by atoms with Crippen LogP contribution >= 0.6 is 50.9 Å². The fraction of sp³-hybridized carbons (Fsp3) is 0. The Morgan fingerprint density at radius 2 is 1.25 bits per heavy atom. The van der Waals surface area contributed by atoms with Crippen LogP contribution in [0.5, 0.6) is 0 Å². The van der Waals surface area contributed by atoms with Crippen molar-refractivity contribution in [1.82, 2.24) is 0 Å². The van der Waals surface area contributed by atoms with E-state index in [2.05, 4.69) is 41.0 Å². The van der Waals surface area contributed by atoms with E-state index < -0.39 is 0 Å². The molecule has 0 aromatic heterocycles. The summed E-state index contributed by atoms with van der Waals surface area (Å²) in [5.74, 6) is 0. The summed E-state index contributed by atoms with van der Waals surface area (Å²) in [5.41, 5.74) is 0. The van der Waals surface area contributed by atoms with Gasteiger partial charge in [-0.15, -0.1) is 0 Å². The first-order valence-corrected chi connectivity index (χ1v) is 6.61. The fourth-order valence-corrected chi connectivity index (χ4v) is 0. The molecule has 0 bridgehead atoms. The van der Waals surface area contributed by atoms with E-state index in [1.165, 1.54) is 0 Å². The van der Waals surface area contributed by atoms with Crippen molar-refractivity contribution in [2.24, 2.45) is 0 Å². The Hall–Kier alpha value is 2.38. The predicted molar refractivity (Wildman–Crippen MR) is 39.1 cm³/mol. The predicted octanol–water partition coefficient (Wildman–Crippen LogP) is 1.83. The van der Waals surface area contributed by atoms with E-state index in [-0.39, 0.29) is 9.90 Å². The number of hydrogen-bond donors (Lipinski definition) is 0. The Labute approximate surface area is 58.0 Å². The summed E-state index contributed by atoms with van der Waals surface area (Å²) in [6.07, 6.45) is 0. The molecule has 0 fully saturated rings. The van der Waals surface area contributed by atoms with Crippen LogP contribution in [-0.2, 0) is 8.07 Å². The van der Waals surface area contributed by atoms with Gasteiger partial charge in [-0.05, 0) is 0 Å². The van der Waals surface area contributed by atoms with E-state index in [1.807, 2.05) is 0 Å². The molecule has 0 aliphatic rings. The third-order valence-corrected chi connectivity index (χ3v) is 0. The Morgan fingerprint density at radius 3 is 1.25 bits per heavy atom. The standard InChI is InChI=1S/2HI.Ni.H3P/h2*1H;;1H3/q;;+2;/p-2. The van der Waals surface area contributed by atoms with Gasteiger partial charge in [0.2, 0.25) is 0 Å². The number of rotatable bonds is 0. The topological polar surface area (TPSA) is 0 Å². The summed E-state index contributed by atoms with van der Waals surface area (Å²) in [4.78, 5) is 0. The Morgan fingerprint density at radius 1 is 1.25 bits per heavy atom. The van der Waals surface area contributed by atoms with Gasteiger partial charge in [0.15, 0.2) is 0 Å². The summed E-state index contributed by atoms with van der Waals surface area (Å²) < 4.78 is 0. The van der Waals surface area contributed by atoms with Crippen LogP contribution in [0.2, 0.25) is 0 Å². The van der Waals surface area contributed by atoms with E-state index in [1.54, 1.807) is 8.07 Å². The summed E-state index contributed by atoms with van der Waals surface area (Å²) in [6.45, 7) is 0. The van der Waals surface area contributed by atoms with Gasteiger partial charge in [0.1, 0.15) is 0 Å². The molecular formula is H3I2NiP. The Bertz CT molecular complexity index is 6.00. The van der Waals surface area contributed by atoms with Gasteiger partial charge >= 0.3 is 49.0 Å². The van der Waals surface area contributed by atoms with Gasteiger partial charge < -0.3 is 0 Å². The van der Waals surface area contributed by atoms with Crippen LogP contribution in [0, 0.1) is 0 Å². The molecule has 0 spiro atoms. The minimum atomic E-state index is 0. The first kappa shape index (κ1) is 9.63. The fourth-order valence-electron chi connectivity index (χ4n) is 0. The average Bonchev–Trinajstić information content (AvgIpc) is 0.918. The van der Waals surface area contributed by atoms with E-state index >= 15 is 0 Å². The summed E-state index contributed by atoms with van der Waals surface area (Å²) in [6, 6.07) is 0. The molecule has 0 aromatic carbocycles. The molecule has 0 saturated heterocycles. The van der Waals surface area contributed by atoms with Crippen molar-refractivity contribution >= 4 is 50.9 Å². The molecule has 4 heavy (non-hydrogen) atoms. The monoisotopic (exact) mass is 346 g/mol. The first-order valence-electron chi connectivity index (χ1n) is 0.239. The van der Waals surface area contributed by atoms with Crippen LogP contribution < -0.4 is 0 Å². The van der Waals surface area contributed by atoms with E-state index in [0.29, 0.717) is 0 Å². The zero-order chi connectivity index (χ0) is 2.71. The van der Waals surface area contributed by atoms with Crippen LogP contribution in [0.15, 0.2) is 0 Å². The molecule has 0 rings (SSSR count). The zero-order valence-corrected chi connectivity index (χ0v) is 8.50. The van der Waals surface area contributed by atoms with Crippen molar-refractivity contribution in [1.29, 1.82) is 0 Å². The van der Waals surface area contributed by atoms with Gasteiger partial charge in [-0.25, -0.2) is 0 Å². The quantitative estimate of drug-likeness (QED) is 0.357. The third-order valence-electron chi connectivity index (χ3n) is 0. The van der Waals surface area contributed by atoms with Gasteiger partial charge in [-0.2, -0.15) is 9.90 Å². The molecule has 0 aliphatic carbocycles. The first-order chi connectivity index (χ1) is 1.41. The molecule has 0 nitrogen and oxygen atoms in total. The SMILES string of the molecule is P.[I][Ni][I]. The van der Waals surface area contributed by atoms with Crippen molar-refractivity contribution in [2.45, 2.75) is 0 Å². The van der Waals surface area contributed by atoms with Crippen LogP contribution in [0.25, 0.3) is 0 Å². The zero-order valence-electron chi connectivity index (χ0n) is 1.78. The van der Waals surface area contributed by atoms with Crippen molar-refractivity contribution in [3.05, 3.63) is 0 Å². The third kappa shape index (κ3) is 8.83. The Kier molecular flexibility index (Phi) is 21.8. The van der Waals surface area contributed by atoms with Crippen LogP contribution in [0.1, 0.15) is 0 Å². The van der Waals surface area contributed by atoms with Gasteiger partial charge in [0.05, 0.1) is 0 Å². The maximum atomic E-state index is 2.21. The number of halogens is 2. The Balaban J connectivity index is 0. The van der Waals surface area contributed by atoms with E-state index in [9.17, 15) is 0 Å². The van der Waals surface area contributed by atoms with Crippen molar-refractivity contribution in [2.75, 3.05) is 0 Å². The van der Waals surface area contributed by atoms with Gasteiger partial charge in [-0.3, -0.25) is 0 Å². The molecule has 1 atom stereocenters. The van der Waals surface area contributed by atoms with Gasteiger partial charge in [-0.1, -0.05) is 0 Å². The van der Waals surface area contributed by atoms with E-state index in [0.717, 1.165) is 0 Å². The molecule has 32 valence electrons. The summed E-state index contributed by atoms with van der Waals surface area (Å²) in [7, 11) is 1.56. The second-order valence-electron chi connectivity index (χ2n) is 0.0452. The molecule has 0 radical (unpaired) electrons. The molecule has 0 amide bonds. The van der Waals surface area contributed by atoms with Crippen molar-refractivity contribution in [3.8, 4) is 0 Å². The molecule has 0 heterocycles. The molecule has 0 saturated carbocycles. The van der Waals surface area contributed by atoms with Crippen molar-refractivity contribution in [3.63, 3.8) is 0 Å². The molecule has 0 aliphatic heterocycles. The summed E-state index contributed by atoms with van der Waals surface area (Å²) >= 11 is 4.43. The van der Waals surface area contributed by atoms with Gasteiger partial charge in [0.25, 0.3) is 0 Å². The van der Waals surface area contributed by atoms with Crippen molar-refractivity contribution < 1.29 is 8.07 Å². The number of hydrogen-bond acceptors (Lipinski definition) is 0. The van der Waals surface area contributed by atoms with Crippen LogP contribution in [0.4, 0.5) is 0 Å². The molecular weight excluding hydrogens is 343 g/mol. The second-order valence-corrected chi connectivity index (χ2v) is 8.38. The normalized spacial score (nSPS) is 5.50. The van der Waals surface area contributed by atoms with Gasteiger partial charge in [0, 0.05) is 0 Å². The van der Waals surface area contributed by atoms with Crippen LogP contribution in [0.3, 0.4) is 0 Å². The molecule has 0 N–H and O–H groups in total. The second kappa shape index (κ2) is 9.04. The van der Waals surface area contributed by atoms with Crippen LogP contribution in [-0.4, -0.2) is 0 Å². The maximum absolute atomic E-state index is 2.21. The molecule has 1 unspecified atom stereocenters. The molecule has 4 heteroatoms. The molecule has 0 aromatic rings.